The summed E-state index contributed by atoms with van der Waals surface area (Å²) in [5.74, 6) is -2.21. The summed E-state index contributed by atoms with van der Waals surface area (Å²) in [6.45, 7) is 1.75. The molecule has 0 radical (unpaired) electrons. The van der Waals surface area contributed by atoms with E-state index in [1.807, 2.05) is 0 Å². The number of carbonyl (C=O) groups excluding carboxylic acids is 1. The lowest BCUT2D eigenvalue weighted by Crippen LogP contribution is -2.16. The molecule has 2 aromatic carbocycles. The molecule has 0 unspecified atom stereocenters. The second kappa shape index (κ2) is 5.58. The Morgan fingerprint density at radius 1 is 1.25 bits per heavy atom. The van der Waals surface area contributed by atoms with E-state index >= 15 is 0 Å². The first-order valence-corrected chi connectivity index (χ1v) is 6.50. The number of amides is 1. The van der Waals surface area contributed by atoms with Crippen molar-refractivity contribution < 1.29 is 13.6 Å². The highest BCUT2D eigenvalue weighted by atomic mass is 79.9. The van der Waals surface area contributed by atoms with Crippen LogP contribution in [-0.4, -0.2) is 5.91 Å². The molecule has 20 heavy (non-hydrogen) atoms. The molecule has 3 nitrogen and oxygen atoms in total. The number of halogens is 3. The zero-order valence-corrected chi connectivity index (χ0v) is 12.1. The molecule has 1 amide bonds. The lowest BCUT2D eigenvalue weighted by molar-refractivity contribution is 0.102. The van der Waals surface area contributed by atoms with E-state index in [-0.39, 0.29) is 11.4 Å². The van der Waals surface area contributed by atoms with Crippen LogP contribution in [0.5, 0.6) is 0 Å². The molecule has 0 heterocycles. The maximum Gasteiger partial charge on any atom is 0.256 e. The van der Waals surface area contributed by atoms with Gasteiger partial charge in [0, 0.05) is 16.1 Å². The second-order valence-electron chi connectivity index (χ2n) is 4.27. The van der Waals surface area contributed by atoms with Gasteiger partial charge in [0.1, 0.15) is 11.5 Å². The molecule has 0 aliphatic heterocycles. The van der Waals surface area contributed by atoms with E-state index in [1.165, 1.54) is 0 Å². The molecule has 6 heteroatoms. The number of nitrogens with two attached hydrogens (primary N) is 1. The summed E-state index contributed by atoms with van der Waals surface area (Å²) >= 11 is 3.29. The Morgan fingerprint density at radius 3 is 2.55 bits per heavy atom. The van der Waals surface area contributed by atoms with E-state index in [1.54, 1.807) is 25.1 Å². The summed E-state index contributed by atoms with van der Waals surface area (Å²) in [7, 11) is 0. The quantitative estimate of drug-likeness (QED) is 0.815. The number of nitrogen functional groups attached to an aromatic ring is 1. The molecule has 0 aliphatic carbocycles. The van der Waals surface area contributed by atoms with Crippen LogP contribution in [-0.2, 0) is 0 Å². The predicted octanol–water partition coefficient (Wildman–Crippen LogP) is 3.87. The van der Waals surface area contributed by atoms with Crippen LogP contribution in [0.1, 0.15) is 15.9 Å². The molecule has 2 rings (SSSR count). The number of carbonyl (C=O) groups is 1. The van der Waals surface area contributed by atoms with Crippen molar-refractivity contribution in [3.63, 3.8) is 0 Å². The molecule has 0 saturated carbocycles. The zero-order chi connectivity index (χ0) is 14.9. The molecule has 0 aromatic heterocycles. The minimum Gasteiger partial charge on any atom is -0.397 e. The number of benzene rings is 2. The summed E-state index contributed by atoms with van der Waals surface area (Å²) in [6, 6.07) is 6.69. The van der Waals surface area contributed by atoms with Crippen LogP contribution < -0.4 is 11.1 Å². The van der Waals surface area contributed by atoms with Gasteiger partial charge in [-0.1, -0.05) is 15.9 Å². The highest BCUT2D eigenvalue weighted by Crippen LogP contribution is 2.25. The third-order valence-corrected chi connectivity index (χ3v) is 3.25. The van der Waals surface area contributed by atoms with Gasteiger partial charge >= 0.3 is 0 Å². The topological polar surface area (TPSA) is 55.1 Å². The van der Waals surface area contributed by atoms with E-state index in [4.69, 9.17) is 5.73 Å². The first-order valence-electron chi connectivity index (χ1n) is 5.70. The van der Waals surface area contributed by atoms with E-state index in [0.29, 0.717) is 11.6 Å². The Balaban J connectivity index is 2.33. The molecule has 0 saturated heterocycles. The Bertz CT molecular complexity index is 666. The average Bonchev–Trinajstić information content (AvgIpc) is 2.33. The number of aryl methyl sites for hydroxylation is 1. The summed E-state index contributed by atoms with van der Waals surface area (Å²) in [5.41, 5.74) is 6.23. The molecule has 0 aliphatic rings. The van der Waals surface area contributed by atoms with Crippen molar-refractivity contribution in [2.75, 3.05) is 11.1 Å². The first-order chi connectivity index (χ1) is 9.38. The molecule has 0 spiro atoms. The molecule has 104 valence electrons. The van der Waals surface area contributed by atoms with Crippen LogP contribution >= 0.6 is 15.9 Å². The highest BCUT2D eigenvalue weighted by Gasteiger charge is 2.15. The van der Waals surface area contributed by atoms with Crippen LogP contribution in [0.25, 0.3) is 0 Å². The van der Waals surface area contributed by atoms with E-state index < -0.39 is 17.5 Å². The molecule has 0 bridgehead atoms. The van der Waals surface area contributed by atoms with Crippen LogP contribution in [0, 0.1) is 18.6 Å². The van der Waals surface area contributed by atoms with E-state index in [0.717, 1.165) is 16.1 Å². The van der Waals surface area contributed by atoms with Crippen LogP contribution in [0.4, 0.5) is 20.2 Å². The molecule has 3 N–H and O–H groups in total. The normalized spacial score (nSPS) is 10.4. The predicted molar refractivity (Wildman–Crippen MR) is 77.6 cm³/mol. The van der Waals surface area contributed by atoms with Gasteiger partial charge in [0.05, 0.1) is 5.69 Å². The number of anilines is 2. The fourth-order valence-corrected chi connectivity index (χ4v) is 2.26. The van der Waals surface area contributed by atoms with Gasteiger partial charge in [-0.15, -0.1) is 0 Å². The van der Waals surface area contributed by atoms with Crippen LogP contribution in [0.15, 0.2) is 34.8 Å². The monoisotopic (exact) mass is 340 g/mol. The number of rotatable bonds is 2. The molecule has 2 aromatic rings. The largest absolute Gasteiger partial charge is 0.397 e. The third-order valence-electron chi connectivity index (χ3n) is 2.76. The fraction of sp³-hybridized carbons (Fsp3) is 0.0714. The zero-order valence-electron chi connectivity index (χ0n) is 10.5. The van der Waals surface area contributed by atoms with Gasteiger partial charge < -0.3 is 11.1 Å². The number of hydrogen-bond donors (Lipinski definition) is 2. The average molecular weight is 341 g/mol. The van der Waals surface area contributed by atoms with Gasteiger partial charge in [-0.3, -0.25) is 4.79 Å². The van der Waals surface area contributed by atoms with Crippen molar-refractivity contribution in [3.05, 3.63) is 57.6 Å². The van der Waals surface area contributed by atoms with Gasteiger partial charge in [-0.25, -0.2) is 8.78 Å². The highest BCUT2D eigenvalue weighted by molar-refractivity contribution is 9.10. The summed E-state index contributed by atoms with van der Waals surface area (Å²) in [4.78, 5) is 12.1. The van der Waals surface area contributed by atoms with E-state index in [9.17, 15) is 13.6 Å². The second-order valence-corrected chi connectivity index (χ2v) is 5.18. The Labute approximate surface area is 122 Å². The van der Waals surface area contributed by atoms with Crippen molar-refractivity contribution in [2.24, 2.45) is 0 Å². The third kappa shape index (κ3) is 2.96. The lowest BCUT2D eigenvalue weighted by Gasteiger charge is -2.11. The Morgan fingerprint density at radius 2 is 1.95 bits per heavy atom. The van der Waals surface area contributed by atoms with Gasteiger partial charge in [0.2, 0.25) is 0 Å². The van der Waals surface area contributed by atoms with Gasteiger partial charge in [-0.05, 0) is 36.8 Å². The minimum atomic E-state index is -0.911. The lowest BCUT2D eigenvalue weighted by atomic mass is 10.1. The smallest absolute Gasteiger partial charge is 0.256 e. The summed E-state index contributed by atoms with van der Waals surface area (Å²) in [5, 5.41) is 2.36. The van der Waals surface area contributed by atoms with E-state index in [2.05, 4.69) is 21.2 Å². The van der Waals surface area contributed by atoms with Crippen molar-refractivity contribution in [1.29, 1.82) is 0 Å². The summed E-state index contributed by atoms with van der Waals surface area (Å²) < 4.78 is 27.4. The van der Waals surface area contributed by atoms with Crippen molar-refractivity contribution in [3.8, 4) is 0 Å². The van der Waals surface area contributed by atoms with Gasteiger partial charge in [0.15, 0.2) is 5.82 Å². The number of nitrogens with one attached hydrogen (secondary N) is 1. The fourth-order valence-electron chi connectivity index (χ4n) is 1.79. The maximum atomic E-state index is 13.6. The summed E-state index contributed by atoms with van der Waals surface area (Å²) in [6.07, 6.45) is 0. The maximum absolute atomic E-state index is 13.6. The SMILES string of the molecule is Cc1cc(Br)ccc1C(=O)Nc1c(N)cc(F)cc1F. The minimum absolute atomic E-state index is 0.161. The van der Waals surface area contributed by atoms with Crippen LogP contribution in [0.2, 0.25) is 0 Å². The van der Waals surface area contributed by atoms with Gasteiger partial charge in [0.25, 0.3) is 5.91 Å². The number of hydrogen-bond acceptors (Lipinski definition) is 2. The van der Waals surface area contributed by atoms with Crippen molar-refractivity contribution in [2.45, 2.75) is 6.92 Å². The standard InChI is InChI=1S/C14H11BrF2N2O/c1-7-4-8(15)2-3-10(7)14(20)19-13-11(17)5-9(16)6-12(13)18/h2-6H,18H2,1H3,(H,19,20). The first kappa shape index (κ1) is 14.5. The van der Waals surface area contributed by atoms with Crippen LogP contribution in [0.3, 0.4) is 0 Å². The Kier molecular flexibility index (Phi) is 4.04. The van der Waals surface area contributed by atoms with Crippen molar-refractivity contribution in [1.82, 2.24) is 0 Å². The molecular formula is C14H11BrF2N2O. The van der Waals surface area contributed by atoms with Crippen molar-refractivity contribution >= 4 is 33.2 Å². The molecule has 0 atom stereocenters. The molecular weight excluding hydrogens is 330 g/mol. The Hall–Kier alpha value is -1.95. The van der Waals surface area contributed by atoms with Gasteiger partial charge in [-0.2, -0.15) is 0 Å². The molecule has 0 fully saturated rings.